The van der Waals surface area contributed by atoms with E-state index in [4.69, 9.17) is 22.3 Å². The maximum absolute atomic E-state index is 12.8. The number of nitrogens with two attached hydrogens (primary N) is 1. The number of hydrogen-bond donors (Lipinski definition) is 1. The van der Waals surface area contributed by atoms with Gasteiger partial charge in [-0.1, -0.05) is 41.4 Å². The molecule has 1 fully saturated rings. The molecule has 2 N–H and O–H groups in total. The molecule has 0 aliphatic carbocycles. The number of hydrogen-bond acceptors (Lipinski definition) is 9. The highest BCUT2D eigenvalue weighted by Gasteiger charge is 2.31. The molecule has 0 saturated carbocycles. The van der Waals surface area contributed by atoms with Crippen molar-refractivity contribution in [2.45, 2.75) is 22.9 Å². The van der Waals surface area contributed by atoms with Gasteiger partial charge < -0.3 is 10.6 Å². The molecular weight excluding hydrogens is 554 g/mol. The summed E-state index contributed by atoms with van der Waals surface area (Å²) >= 11 is 11.6. The molecule has 12 heteroatoms. The molecule has 1 saturated heterocycles. The number of aryl methyl sites for hydroxylation is 1. The Morgan fingerprint density at radius 1 is 1.22 bits per heavy atom. The summed E-state index contributed by atoms with van der Waals surface area (Å²) in [5, 5.41) is -0.108. The van der Waals surface area contributed by atoms with Crippen LogP contribution in [0.3, 0.4) is 0 Å². The first-order chi connectivity index (χ1) is 15.2. The van der Waals surface area contributed by atoms with Crippen LogP contribution in [0, 0.1) is 6.92 Å². The molecule has 1 atom stereocenters. The molecule has 0 radical (unpaired) electrons. The number of rotatable bonds is 7. The third-order valence-corrected chi connectivity index (χ3v) is 11.0. The Hall–Kier alpha value is -1.08. The summed E-state index contributed by atoms with van der Waals surface area (Å²) in [6.45, 7) is 5.26. The molecule has 0 bridgehead atoms. The van der Waals surface area contributed by atoms with E-state index < -0.39 is 15.2 Å². The van der Waals surface area contributed by atoms with Crippen LogP contribution >= 0.6 is 50.4 Å². The first-order valence-electron chi connectivity index (χ1n) is 10.0. The summed E-state index contributed by atoms with van der Waals surface area (Å²) in [7, 11) is -3.65. The van der Waals surface area contributed by atoms with E-state index >= 15 is 0 Å². The summed E-state index contributed by atoms with van der Waals surface area (Å²) in [5.41, 5.74) is 8.53. The van der Waals surface area contributed by atoms with Crippen LogP contribution in [0.25, 0.3) is 0 Å². The number of halogens is 2. The van der Waals surface area contributed by atoms with Gasteiger partial charge in [-0.2, -0.15) is 4.37 Å². The van der Waals surface area contributed by atoms with Crippen LogP contribution in [-0.4, -0.2) is 60.8 Å². The van der Waals surface area contributed by atoms with Crippen molar-refractivity contribution in [2.24, 2.45) is 5.73 Å². The fourth-order valence-corrected chi connectivity index (χ4v) is 8.74. The van der Waals surface area contributed by atoms with Crippen molar-refractivity contribution in [1.29, 1.82) is 0 Å². The largest absolute Gasteiger partial charge is 0.344 e. The maximum atomic E-state index is 12.8. The van der Waals surface area contributed by atoms with E-state index in [1.54, 1.807) is 6.07 Å². The first kappa shape index (κ1) is 24.1. The topological polar surface area (TPSA) is 92.4 Å². The molecule has 1 aromatic carbocycles. The van der Waals surface area contributed by atoms with Crippen molar-refractivity contribution in [3.05, 3.63) is 56.1 Å². The van der Waals surface area contributed by atoms with Crippen molar-refractivity contribution in [3.8, 4) is 0 Å². The molecule has 1 aliphatic heterocycles. The monoisotopic (exact) mass is 575 g/mol. The second-order valence-corrected chi connectivity index (χ2v) is 13.3. The Balaban J connectivity index is 1.32. The summed E-state index contributed by atoms with van der Waals surface area (Å²) < 4.78 is 31.3. The Kier molecular flexibility index (Phi) is 7.55. The average Bonchev–Trinajstić information content (AvgIpc) is 3.36. The fraction of sp³-hybridized carbons (Fsp3) is 0.400. The van der Waals surface area contributed by atoms with Crippen LogP contribution in [0.4, 0.5) is 5.13 Å². The predicted molar refractivity (Wildman–Crippen MR) is 135 cm³/mol. The SMILES string of the molecule is Cc1ccc(Cc2nsc(N3CCN(CC(N)S(=O)(=O)c4sc(Cl)cc4Br)CC3)n2)cc1. The second kappa shape index (κ2) is 10.0. The van der Waals surface area contributed by atoms with Crippen LogP contribution in [0.15, 0.2) is 39.0 Å². The van der Waals surface area contributed by atoms with Gasteiger partial charge >= 0.3 is 0 Å². The summed E-state index contributed by atoms with van der Waals surface area (Å²) in [6.07, 6.45) is 0.714. The van der Waals surface area contributed by atoms with Crippen molar-refractivity contribution < 1.29 is 8.42 Å². The molecule has 172 valence electrons. The van der Waals surface area contributed by atoms with E-state index in [2.05, 4.69) is 61.3 Å². The minimum Gasteiger partial charge on any atom is -0.344 e. The number of piperazine rings is 1. The molecule has 3 aromatic rings. The van der Waals surface area contributed by atoms with E-state index in [0.717, 1.165) is 35.4 Å². The van der Waals surface area contributed by atoms with Gasteiger partial charge in [0, 0.05) is 55.1 Å². The standard InChI is InChI=1S/C20H23BrClN5O2S3/c1-13-2-4-14(5-3-13)10-18-24-20(31-25-18)27-8-6-26(7-9-27)12-17(23)32(28,29)19-15(21)11-16(22)30-19/h2-5,11,17H,6-10,12,23H2,1H3. The molecule has 0 spiro atoms. The number of sulfone groups is 1. The lowest BCUT2D eigenvalue weighted by Gasteiger charge is -2.35. The Bertz CT molecular complexity index is 1170. The lowest BCUT2D eigenvalue weighted by atomic mass is 10.1. The lowest BCUT2D eigenvalue weighted by Crippen LogP contribution is -2.51. The van der Waals surface area contributed by atoms with Crippen molar-refractivity contribution in [2.75, 3.05) is 37.6 Å². The number of nitrogens with zero attached hydrogens (tertiary/aromatic N) is 4. The van der Waals surface area contributed by atoms with Gasteiger partial charge in [0.25, 0.3) is 0 Å². The van der Waals surface area contributed by atoms with E-state index in [1.807, 2.05) is 0 Å². The number of benzene rings is 1. The first-order valence-corrected chi connectivity index (χ1v) is 14.3. The van der Waals surface area contributed by atoms with Crippen LogP contribution < -0.4 is 10.6 Å². The zero-order chi connectivity index (χ0) is 22.9. The molecule has 1 unspecified atom stereocenters. The Labute approximate surface area is 209 Å². The molecule has 7 nitrogen and oxygen atoms in total. The number of aromatic nitrogens is 2. The van der Waals surface area contributed by atoms with Gasteiger partial charge in [-0.05, 0) is 34.5 Å². The molecule has 1 aliphatic rings. The Morgan fingerprint density at radius 2 is 1.91 bits per heavy atom. The van der Waals surface area contributed by atoms with Gasteiger partial charge in [0.2, 0.25) is 15.0 Å². The normalized spacial score (nSPS) is 16.4. The molecule has 32 heavy (non-hydrogen) atoms. The van der Waals surface area contributed by atoms with E-state index in [1.165, 1.54) is 22.7 Å². The van der Waals surface area contributed by atoms with Crippen LogP contribution in [0.1, 0.15) is 17.0 Å². The summed E-state index contributed by atoms with van der Waals surface area (Å²) in [4.78, 5) is 8.98. The summed E-state index contributed by atoms with van der Waals surface area (Å²) in [5.74, 6) is 0.824. The molecular formula is C20H23BrClN5O2S3. The highest BCUT2D eigenvalue weighted by molar-refractivity contribution is 9.10. The van der Waals surface area contributed by atoms with E-state index in [9.17, 15) is 8.42 Å². The van der Waals surface area contributed by atoms with E-state index in [-0.39, 0.29) is 10.8 Å². The third kappa shape index (κ3) is 5.52. The van der Waals surface area contributed by atoms with Crippen molar-refractivity contribution in [3.63, 3.8) is 0 Å². The fourth-order valence-electron chi connectivity index (χ4n) is 3.46. The summed E-state index contributed by atoms with van der Waals surface area (Å²) in [6, 6.07) is 9.99. The highest BCUT2D eigenvalue weighted by atomic mass is 79.9. The molecule has 4 rings (SSSR count). The van der Waals surface area contributed by atoms with Crippen LogP contribution in [0.5, 0.6) is 0 Å². The van der Waals surface area contributed by atoms with Crippen molar-refractivity contribution in [1.82, 2.24) is 14.3 Å². The van der Waals surface area contributed by atoms with Gasteiger partial charge in [0.1, 0.15) is 15.4 Å². The average molecular weight is 577 g/mol. The number of anilines is 1. The van der Waals surface area contributed by atoms with Gasteiger partial charge in [-0.25, -0.2) is 13.4 Å². The smallest absolute Gasteiger partial charge is 0.205 e. The van der Waals surface area contributed by atoms with Gasteiger partial charge in [0.15, 0.2) is 0 Å². The molecule has 2 aromatic heterocycles. The zero-order valence-electron chi connectivity index (χ0n) is 17.4. The molecule has 3 heterocycles. The van der Waals surface area contributed by atoms with Crippen molar-refractivity contribution >= 4 is 65.4 Å². The zero-order valence-corrected chi connectivity index (χ0v) is 22.2. The second-order valence-electron chi connectivity index (χ2n) is 7.71. The van der Waals surface area contributed by atoms with Gasteiger partial charge in [0.05, 0.1) is 4.34 Å². The van der Waals surface area contributed by atoms with E-state index in [0.29, 0.717) is 28.3 Å². The van der Waals surface area contributed by atoms with Gasteiger partial charge in [-0.3, -0.25) is 4.90 Å². The highest BCUT2D eigenvalue weighted by Crippen LogP contribution is 2.36. The lowest BCUT2D eigenvalue weighted by molar-refractivity contribution is 0.257. The van der Waals surface area contributed by atoms with Crippen LogP contribution in [-0.2, 0) is 16.3 Å². The molecule has 0 amide bonds. The quantitative estimate of drug-likeness (QED) is 0.457. The maximum Gasteiger partial charge on any atom is 0.205 e. The minimum absolute atomic E-state index is 0.184. The number of thiophene rings is 1. The van der Waals surface area contributed by atoms with Gasteiger partial charge in [-0.15, -0.1) is 11.3 Å². The van der Waals surface area contributed by atoms with Crippen LogP contribution in [0.2, 0.25) is 4.34 Å². The predicted octanol–water partition coefficient (Wildman–Crippen LogP) is 3.80. The minimum atomic E-state index is -3.65. The third-order valence-electron chi connectivity index (χ3n) is 5.30. The Morgan fingerprint density at radius 3 is 2.53 bits per heavy atom.